The molecule has 0 saturated heterocycles. The highest BCUT2D eigenvalue weighted by Gasteiger charge is 2.43. The number of hydrogen-bond acceptors (Lipinski definition) is 2. The number of hydrogen-bond donors (Lipinski definition) is 2. The summed E-state index contributed by atoms with van der Waals surface area (Å²) in [6, 6.07) is 5.40. The summed E-state index contributed by atoms with van der Waals surface area (Å²) in [5.41, 5.74) is 0.775. The molecule has 2 rings (SSSR count). The van der Waals surface area contributed by atoms with Gasteiger partial charge in [0.15, 0.2) is 0 Å². The molecule has 0 radical (unpaired) electrons. The predicted molar refractivity (Wildman–Crippen MR) is 98.2 cm³/mol. The molecule has 5 heteroatoms. The molecule has 0 aromatic heterocycles. The summed E-state index contributed by atoms with van der Waals surface area (Å²) in [5.74, 6) is -0.123. The number of nitrogens with one attached hydrogen (secondary N) is 2. The van der Waals surface area contributed by atoms with Crippen molar-refractivity contribution in [3.63, 3.8) is 0 Å². The van der Waals surface area contributed by atoms with Gasteiger partial charge in [0.05, 0.1) is 5.41 Å². The minimum Gasteiger partial charge on any atom is -0.351 e. The van der Waals surface area contributed by atoms with Crippen LogP contribution in [0.2, 0.25) is 5.02 Å². The van der Waals surface area contributed by atoms with E-state index in [2.05, 4.69) is 10.6 Å². The summed E-state index contributed by atoms with van der Waals surface area (Å²) in [6.07, 6.45) is 3.71. The van der Waals surface area contributed by atoms with Crippen LogP contribution >= 0.6 is 11.6 Å². The highest BCUT2D eigenvalue weighted by Crippen LogP contribution is 2.42. The van der Waals surface area contributed by atoms with Crippen LogP contribution < -0.4 is 10.6 Å². The second-order valence-electron chi connectivity index (χ2n) is 7.88. The number of aryl methyl sites for hydroxylation is 1. The zero-order valence-corrected chi connectivity index (χ0v) is 15.7. The summed E-state index contributed by atoms with van der Waals surface area (Å²) in [4.78, 5) is 25.3. The fourth-order valence-corrected chi connectivity index (χ4v) is 3.55. The number of benzene rings is 1. The van der Waals surface area contributed by atoms with Crippen LogP contribution in [-0.2, 0) is 9.59 Å². The number of rotatable bonds is 4. The van der Waals surface area contributed by atoms with E-state index in [0.29, 0.717) is 5.02 Å². The van der Waals surface area contributed by atoms with Gasteiger partial charge < -0.3 is 10.6 Å². The monoisotopic (exact) mass is 350 g/mol. The van der Waals surface area contributed by atoms with Crippen LogP contribution in [0.4, 0.5) is 5.69 Å². The van der Waals surface area contributed by atoms with E-state index in [-0.39, 0.29) is 23.8 Å². The fourth-order valence-electron chi connectivity index (χ4n) is 3.33. The lowest BCUT2D eigenvalue weighted by Crippen LogP contribution is -2.45. The SMILES string of the molecule is Cc1cc(Cl)ccc1NC(=O)C1(CC(=O)NC(C)(C)C)CCCC1. The predicted octanol–water partition coefficient (Wildman–Crippen LogP) is 4.45. The molecular weight excluding hydrogens is 324 g/mol. The topological polar surface area (TPSA) is 58.2 Å². The quantitative estimate of drug-likeness (QED) is 0.842. The second kappa shape index (κ2) is 7.14. The smallest absolute Gasteiger partial charge is 0.231 e. The Morgan fingerprint density at radius 3 is 2.38 bits per heavy atom. The van der Waals surface area contributed by atoms with E-state index in [1.807, 2.05) is 39.8 Å². The van der Waals surface area contributed by atoms with Crippen LogP contribution in [0.3, 0.4) is 0 Å². The Kier molecular flexibility index (Phi) is 5.59. The van der Waals surface area contributed by atoms with E-state index in [9.17, 15) is 9.59 Å². The van der Waals surface area contributed by atoms with Crippen LogP contribution in [0.1, 0.15) is 58.4 Å². The molecule has 0 spiro atoms. The van der Waals surface area contributed by atoms with E-state index < -0.39 is 5.41 Å². The van der Waals surface area contributed by atoms with Gasteiger partial charge in [0, 0.05) is 22.7 Å². The Bertz CT molecular complexity index is 629. The Morgan fingerprint density at radius 2 is 1.83 bits per heavy atom. The molecule has 4 nitrogen and oxygen atoms in total. The molecular formula is C19H27ClN2O2. The average molecular weight is 351 g/mol. The van der Waals surface area contributed by atoms with E-state index >= 15 is 0 Å². The lowest BCUT2D eigenvalue weighted by atomic mass is 9.81. The Hall–Kier alpha value is -1.55. The van der Waals surface area contributed by atoms with Crippen LogP contribution in [0, 0.1) is 12.3 Å². The van der Waals surface area contributed by atoms with Gasteiger partial charge in [0.2, 0.25) is 11.8 Å². The molecule has 1 aliphatic carbocycles. The third kappa shape index (κ3) is 4.73. The third-order valence-electron chi connectivity index (χ3n) is 4.49. The molecule has 1 fully saturated rings. The van der Waals surface area contributed by atoms with Crippen molar-refractivity contribution in [3.8, 4) is 0 Å². The molecule has 0 bridgehead atoms. The number of halogens is 1. The van der Waals surface area contributed by atoms with Gasteiger partial charge in [-0.2, -0.15) is 0 Å². The summed E-state index contributed by atoms with van der Waals surface area (Å²) < 4.78 is 0. The molecule has 1 aliphatic rings. The average Bonchev–Trinajstić information content (AvgIpc) is 2.89. The van der Waals surface area contributed by atoms with Gasteiger partial charge in [-0.05, 0) is 64.3 Å². The molecule has 0 atom stereocenters. The van der Waals surface area contributed by atoms with Crippen LogP contribution in [0.5, 0.6) is 0 Å². The fraction of sp³-hybridized carbons (Fsp3) is 0.579. The first-order valence-corrected chi connectivity index (χ1v) is 8.88. The first-order chi connectivity index (χ1) is 11.1. The molecule has 0 aliphatic heterocycles. The van der Waals surface area contributed by atoms with Gasteiger partial charge in [-0.25, -0.2) is 0 Å². The molecule has 0 heterocycles. The van der Waals surface area contributed by atoms with Crippen molar-refractivity contribution in [2.75, 3.05) is 5.32 Å². The van der Waals surface area contributed by atoms with Gasteiger partial charge in [0.1, 0.15) is 0 Å². The molecule has 2 amide bonds. The Balaban J connectivity index is 2.14. The van der Waals surface area contributed by atoms with E-state index in [1.165, 1.54) is 0 Å². The first-order valence-electron chi connectivity index (χ1n) is 8.50. The lowest BCUT2D eigenvalue weighted by Gasteiger charge is -2.29. The zero-order chi connectivity index (χ0) is 18.0. The van der Waals surface area contributed by atoms with Crippen molar-refractivity contribution in [1.29, 1.82) is 0 Å². The summed E-state index contributed by atoms with van der Waals surface area (Å²) in [6.45, 7) is 7.76. The van der Waals surface area contributed by atoms with Gasteiger partial charge >= 0.3 is 0 Å². The van der Waals surface area contributed by atoms with Crippen molar-refractivity contribution < 1.29 is 9.59 Å². The minimum atomic E-state index is -0.610. The molecule has 24 heavy (non-hydrogen) atoms. The summed E-state index contributed by atoms with van der Waals surface area (Å²) in [5, 5.41) is 6.63. The third-order valence-corrected chi connectivity index (χ3v) is 4.73. The number of amides is 2. The maximum absolute atomic E-state index is 13.0. The molecule has 2 N–H and O–H groups in total. The Morgan fingerprint density at radius 1 is 1.21 bits per heavy atom. The highest BCUT2D eigenvalue weighted by molar-refractivity contribution is 6.30. The van der Waals surface area contributed by atoms with E-state index in [0.717, 1.165) is 36.9 Å². The van der Waals surface area contributed by atoms with Crippen molar-refractivity contribution in [3.05, 3.63) is 28.8 Å². The number of anilines is 1. The first kappa shape index (κ1) is 18.8. The zero-order valence-electron chi connectivity index (χ0n) is 15.0. The van der Waals surface area contributed by atoms with Crippen molar-refractivity contribution in [1.82, 2.24) is 5.32 Å². The van der Waals surface area contributed by atoms with Crippen LogP contribution in [0.15, 0.2) is 18.2 Å². The largest absolute Gasteiger partial charge is 0.351 e. The number of carbonyl (C=O) groups excluding carboxylic acids is 2. The maximum Gasteiger partial charge on any atom is 0.231 e. The molecule has 132 valence electrons. The van der Waals surface area contributed by atoms with Gasteiger partial charge in [-0.15, -0.1) is 0 Å². The van der Waals surface area contributed by atoms with Crippen molar-refractivity contribution in [2.24, 2.45) is 5.41 Å². The van der Waals surface area contributed by atoms with E-state index in [1.54, 1.807) is 6.07 Å². The summed E-state index contributed by atoms with van der Waals surface area (Å²) in [7, 11) is 0. The number of carbonyl (C=O) groups is 2. The van der Waals surface area contributed by atoms with Gasteiger partial charge in [-0.3, -0.25) is 9.59 Å². The molecule has 1 aromatic carbocycles. The maximum atomic E-state index is 13.0. The van der Waals surface area contributed by atoms with Crippen molar-refractivity contribution in [2.45, 2.75) is 65.3 Å². The molecule has 1 aromatic rings. The van der Waals surface area contributed by atoms with Crippen molar-refractivity contribution >= 4 is 29.1 Å². The Labute approximate surface area is 149 Å². The van der Waals surface area contributed by atoms with E-state index in [4.69, 9.17) is 11.6 Å². The molecule has 0 unspecified atom stereocenters. The minimum absolute atomic E-state index is 0.0607. The second-order valence-corrected chi connectivity index (χ2v) is 8.31. The van der Waals surface area contributed by atoms with Crippen LogP contribution in [-0.4, -0.2) is 17.4 Å². The standard InChI is InChI=1S/C19H27ClN2O2/c1-13-11-14(20)7-8-15(13)21-17(24)19(9-5-6-10-19)12-16(23)22-18(2,3)4/h7-8,11H,5-6,9-10,12H2,1-4H3,(H,21,24)(H,22,23). The summed E-state index contributed by atoms with van der Waals surface area (Å²) >= 11 is 5.97. The highest BCUT2D eigenvalue weighted by atomic mass is 35.5. The van der Waals surface area contributed by atoms with Gasteiger partial charge in [-0.1, -0.05) is 24.4 Å². The van der Waals surface area contributed by atoms with Crippen LogP contribution in [0.25, 0.3) is 0 Å². The normalized spacial score (nSPS) is 16.7. The lowest BCUT2D eigenvalue weighted by molar-refractivity contribution is -0.133. The van der Waals surface area contributed by atoms with Gasteiger partial charge in [0.25, 0.3) is 0 Å². The molecule has 1 saturated carbocycles.